The lowest BCUT2D eigenvalue weighted by Gasteiger charge is -2.26. The molecule has 0 heterocycles. The van der Waals surface area contributed by atoms with Gasteiger partial charge in [-0.15, -0.1) is 0 Å². The van der Waals surface area contributed by atoms with Gasteiger partial charge < -0.3 is 5.32 Å². The zero-order chi connectivity index (χ0) is 11.8. The monoisotopic (exact) mass is 201 g/mol. The second-order valence-corrected chi connectivity index (χ2v) is 5.55. The van der Waals surface area contributed by atoms with Crippen LogP contribution in [0.1, 0.15) is 67.7 Å². The summed E-state index contributed by atoms with van der Waals surface area (Å²) in [5.74, 6) is 0. The van der Waals surface area contributed by atoms with Crippen molar-refractivity contribution in [3.8, 4) is 0 Å². The summed E-state index contributed by atoms with van der Waals surface area (Å²) >= 11 is 0. The van der Waals surface area contributed by atoms with Crippen LogP contribution in [0.15, 0.2) is 0 Å². The highest BCUT2D eigenvalue weighted by atomic mass is 14.9. The smallest absolute Gasteiger partial charge is 0.0122 e. The summed E-state index contributed by atoms with van der Waals surface area (Å²) in [6.45, 7) is 15.4. The molecule has 0 radical (unpaired) electrons. The van der Waals surface area contributed by atoms with Gasteiger partial charge in [-0.2, -0.15) is 0 Å². The molecule has 0 aromatic rings. The summed E-state index contributed by atoms with van der Waals surface area (Å²) in [5.41, 5.74) is 0.801. The third-order valence-electron chi connectivity index (χ3n) is 2.41. The fraction of sp³-hybridized carbons (Fsp3) is 1.00. The van der Waals surface area contributed by atoms with Crippen molar-refractivity contribution < 1.29 is 0 Å². The lowest BCUT2D eigenvalue weighted by molar-refractivity contribution is 0.313. The van der Waals surface area contributed by atoms with Gasteiger partial charge >= 0.3 is 0 Å². The van der Waals surface area contributed by atoms with E-state index in [0.717, 1.165) is 0 Å². The largest absolute Gasteiger partial charge is 0.315 e. The van der Waals surface area contributed by atoms with Crippen molar-refractivity contribution in [1.82, 2.24) is 5.32 Å². The number of hydrogen-bond donors (Lipinski definition) is 1. The van der Waals surface area contributed by atoms with Crippen molar-refractivity contribution in [2.24, 2.45) is 5.41 Å². The molecule has 0 aliphatic rings. The van der Waals surface area contributed by atoms with E-state index >= 15 is 0 Å². The number of hydrogen-bond acceptors (Lipinski definition) is 1. The summed E-state index contributed by atoms with van der Waals surface area (Å²) in [4.78, 5) is 0. The molecule has 0 saturated carbocycles. The Morgan fingerprint density at radius 1 is 0.857 bits per heavy atom. The first-order chi connectivity index (χ1) is 6.27. The second-order valence-electron chi connectivity index (χ2n) is 5.55. The Bertz CT molecular complexity index is 120. The zero-order valence-corrected chi connectivity index (χ0v) is 11.6. The van der Waals surface area contributed by atoms with E-state index in [1.54, 1.807) is 0 Å². The van der Waals surface area contributed by atoms with Gasteiger partial charge in [-0.05, 0) is 39.2 Å². The molecule has 0 aliphatic heterocycles. The van der Waals surface area contributed by atoms with Crippen LogP contribution in [0.25, 0.3) is 0 Å². The molecule has 0 rings (SSSR count). The molecule has 0 spiro atoms. The average molecular weight is 201 g/mol. The van der Waals surface area contributed by atoms with E-state index in [4.69, 9.17) is 0 Å². The van der Waals surface area contributed by atoms with Gasteiger partial charge in [-0.1, -0.05) is 41.0 Å². The Balaban J connectivity index is 0. The lowest BCUT2D eigenvalue weighted by atomic mass is 9.87. The number of rotatable bonds is 4. The summed E-state index contributed by atoms with van der Waals surface area (Å²) in [6.07, 6.45) is 3.90. The first kappa shape index (κ1) is 16.4. The Hall–Kier alpha value is -0.0400. The topological polar surface area (TPSA) is 12.0 Å². The van der Waals surface area contributed by atoms with Crippen LogP contribution in [-0.4, -0.2) is 12.6 Å². The minimum absolute atomic E-state index is 0.311. The summed E-state index contributed by atoms with van der Waals surface area (Å²) in [7, 11) is 2.04. The van der Waals surface area contributed by atoms with Gasteiger partial charge in [0.25, 0.3) is 0 Å². The van der Waals surface area contributed by atoms with Gasteiger partial charge in [0, 0.05) is 5.54 Å². The normalized spacial score (nSPS) is 12.0. The summed E-state index contributed by atoms with van der Waals surface area (Å²) < 4.78 is 0. The summed E-state index contributed by atoms with van der Waals surface area (Å²) in [5, 5.41) is 3.33. The van der Waals surface area contributed by atoms with Crippen molar-refractivity contribution in [1.29, 1.82) is 0 Å². The van der Waals surface area contributed by atoms with Crippen LogP contribution in [0.3, 0.4) is 0 Å². The maximum Gasteiger partial charge on any atom is 0.0122 e. The molecular weight excluding hydrogens is 170 g/mol. The highest BCUT2D eigenvalue weighted by Crippen LogP contribution is 2.24. The van der Waals surface area contributed by atoms with Gasteiger partial charge in [-0.3, -0.25) is 0 Å². The van der Waals surface area contributed by atoms with Crippen LogP contribution in [-0.2, 0) is 0 Å². The molecule has 0 saturated heterocycles. The van der Waals surface area contributed by atoms with Crippen molar-refractivity contribution in [3.05, 3.63) is 0 Å². The molecule has 1 heteroatoms. The zero-order valence-electron chi connectivity index (χ0n) is 11.6. The van der Waals surface area contributed by atoms with E-state index in [1.165, 1.54) is 19.3 Å². The third-order valence-corrected chi connectivity index (χ3v) is 2.41. The molecule has 0 unspecified atom stereocenters. The Kier molecular flexibility index (Phi) is 8.52. The molecular formula is C13H31N. The molecule has 0 fully saturated rings. The predicted octanol–water partition coefficient (Wildman–Crippen LogP) is 4.23. The summed E-state index contributed by atoms with van der Waals surface area (Å²) in [6, 6.07) is 0. The van der Waals surface area contributed by atoms with Crippen LogP contribution in [0.2, 0.25) is 0 Å². The lowest BCUT2D eigenvalue weighted by Crippen LogP contribution is -2.36. The standard InChI is InChI=1S/C11H25N.C2H6/c1-10(2,3)8-7-9-11(4,5)12-6;1-2/h12H,7-9H2,1-6H3;1-2H3. The third kappa shape index (κ3) is 12.0. The molecule has 14 heavy (non-hydrogen) atoms. The number of nitrogens with one attached hydrogen (secondary N) is 1. The Morgan fingerprint density at radius 3 is 1.57 bits per heavy atom. The Labute approximate surface area is 91.7 Å². The van der Waals surface area contributed by atoms with Crippen molar-refractivity contribution in [3.63, 3.8) is 0 Å². The van der Waals surface area contributed by atoms with Crippen LogP contribution in [0.5, 0.6) is 0 Å². The van der Waals surface area contributed by atoms with Gasteiger partial charge in [0.1, 0.15) is 0 Å². The van der Waals surface area contributed by atoms with Crippen molar-refractivity contribution in [2.75, 3.05) is 7.05 Å². The van der Waals surface area contributed by atoms with Crippen LogP contribution < -0.4 is 5.32 Å². The van der Waals surface area contributed by atoms with E-state index in [2.05, 4.69) is 39.9 Å². The van der Waals surface area contributed by atoms with Gasteiger partial charge in [-0.25, -0.2) is 0 Å². The SMILES string of the molecule is CC.CNC(C)(C)CCCC(C)(C)C. The maximum absolute atomic E-state index is 3.33. The van der Waals surface area contributed by atoms with Gasteiger partial charge in [0.05, 0.1) is 0 Å². The van der Waals surface area contributed by atoms with Crippen LogP contribution in [0.4, 0.5) is 0 Å². The average Bonchev–Trinajstić information content (AvgIpc) is 2.05. The minimum atomic E-state index is 0.311. The maximum atomic E-state index is 3.33. The molecule has 88 valence electrons. The Morgan fingerprint density at radius 2 is 1.29 bits per heavy atom. The highest BCUT2D eigenvalue weighted by molar-refractivity contribution is 4.76. The quantitative estimate of drug-likeness (QED) is 0.718. The van der Waals surface area contributed by atoms with E-state index in [0.29, 0.717) is 11.0 Å². The van der Waals surface area contributed by atoms with E-state index in [9.17, 15) is 0 Å². The molecule has 0 aromatic carbocycles. The van der Waals surface area contributed by atoms with Crippen LogP contribution >= 0.6 is 0 Å². The van der Waals surface area contributed by atoms with Crippen molar-refractivity contribution in [2.45, 2.75) is 73.3 Å². The molecule has 0 amide bonds. The molecule has 0 bridgehead atoms. The second kappa shape index (κ2) is 7.28. The molecule has 0 aromatic heterocycles. The highest BCUT2D eigenvalue weighted by Gasteiger charge is 2.16. The molecule has 0 aliphatic carbocycles. The van der Waals surface area contributed by atoms with Gasteiger partial charge in [0.15, 0.2) is 0 Å². The van der Waals surface area contributed by atoms with Gasteiger partial charge in [0.2, 0.25) is 0 Å². The van der Waals surface area contributed by atoms with E-state index in [1.807, 2.05) is 20.9 Å². The predicted molar refractivity (Wildman–Crippen MR) is 67.8 cm³/mol. The fourth-order valence-electron chi connectivity index (χ4n) is 1.19. The van der Waals surface area contributed by atoms with E-state index in [-0.39, 0.29) is 0 Å². The minimum Gasteiger partial charge on any atom is -0.315 e. The molecule has 1 N–H and O–H groups in total. The fourth-order valence-corrected chi connectivity index (χ4v) is 1.19. The van der Waals surface area contributed by atoms with Crippen LogP contribution in [0, 0.1) is 5.41 Å². The first-order valence-corrected chi connectivity index (χ1v) is 5.96. The molecule has 0 atom stereocenters. The first-order valence-electron chi connectivity index (χ1n) is 5.96. The van der Waals surface area contributed by atoms with Crippen molar-refractivity contribution >= 4 is 0 Å². The molecule has 1 nitrogen and oxygen atoms in total. The van der Waals surface area contributed by atoms with E-state index < -0.39 is 0 Å².